The van der Waals surface area contributed by atoms with Crippen molar-refractivity contribution in [1.29, 1.82) is 0 Å². The van der Waals surface area contributed by atoms with Crippen LogP contribution in [-0.4, -0.2) is 11.9 Å². The highest BCUT2D eigenvalue weighted by Gasteiger charge is 2.21. The van der Waals surface area contributed by atoms with Crippen LogP contribution in [0.25, 0.3) is 0 Å². The molecule has 2 atom stereocenters. The number of carbonyl (C=O) groups is 1. The molecule has 1 saturated carbocycles. The molecule has 1 unspecified atom stereocenters. The second-order valence-electron chi connectivity index (χ2n) is 3.57. The van der Waals surface area contributed by atoms with Gasteiger partial charge in [0, 0.05) is 13.0 Å². The third-order valence-corrected chi connectivity index (χ3v) is 2.50. The highest BCUT2D eigenvalue weighted by atomic mass is 16.1. The monoisotopic (exact) mass is 155 g/mol. The van der Waals surface area contributed by atoms with E-state index in [4.69, 9.17) is 0 Å². The van der Waals surface area contributed by atoms with E-state index in [2.05, 4.69) is 12.2 Å². The first-order valence-corrected chi connectivity index (χ1v) is 4.47. The topological polar surface area (TPSA) is 29.1 Å². The lowest BCUT2D eigenvalue weighted by atomic mass is 9.86. The van der Waals surface area contributed by atoms with Gasteiger partial charge in [0.25, 0.3) is 0 Å². The van der Waals surface area contributed by atoms with Gasteiger partial charge in [-0.3, -0.25) is 4.79 Å². The van der Waals surface area contributed by atoms with Gasteiger partial charge >= 0.3 is 0 Å². The summed E-state index contributed by atoms with van der Waals surface area (Å²) >= 11 is 0. The normalized spacial score (nSPS) is 31.5. The van der Waals surface area contributed by atoms with E-state index in [-0.39, 0.29) is 5.91 Å². The molecule has 0 aromatic rings. The number of rotatable bonds is 1. The molecule has 1 N–H and O–H groups in total. The minimum Gasteiger partial charge on any atom is -0.353 e. The minimum absolute atomic E-state index is 0.115. The van der Waals surface area contributed by atoms with E-state index in [1.165, 1.54) is 25.7 Å². The molecule has 64 valence electrons. The lowest BCUT2D eigenvalue weighted by Crippen LogP contribution is -2.39. The molecule has 1 rings (SSSR count). The molecule has 2 nitrogen and oxygen atoms in total. The van der Waals surface area contributed by atoms with Gasteiger partial charge in [0.1, 0.15) is 0 Å². The maximum atomic E-state index is 10.7. The van der Waals surface area contributed by atoms with Crippen molar-refractivity contribution in [1.82, 2.24) is 5.32 Å². The average molecular weight is 155 g/mol. The van der Waals surface area contributed by atoms with E-state index in [9.17, 15) is 4.79 Å². The van der Waals surface area contributed by atoms with Gasteiger partial charge in [-0.25, -0.2) is 0 Å². The van der Waals surface area contributed by atoms with Crippen LogP contribution >= 0.6 is 0 Å². The van der Waals surface area contributed by atoms with E-state index in [1.54, 1.807) is 6.92 Å². The molecule has 0 aliphatic heterocycles. The van der Waals surface area contributed by atoms with Crippen LogP contribution in [0.5, 0.6) is 0 Å². The van der Waals surface area contributed by atoms with Gasteiger partial charge in [-0.05, 0) is 18.8 Å². The van der Waals surface area contributed by atoms with Crippen molar-refractivity contribution in [3.8, 4) is 0 Å². The number of hydrogen-bond donors (Lipinski definition) is 1. The highest BCUT2D eigenvalue weighted by molar-refractivity contribution is 5.73. The second-order valence-corrected chi connectivity index (χ2v) is 3.57. The average Bonchev–Trinajstić information content (AvgIpc) is 1.93. The third kappa shape index (κ3) is 2.52. The predicted molar refractivity (Wildman–Crippen MR) is 45.2 cm³/mol. The smallest absolute Gasteiger partial charge is 0.217 e. The Bertz CT molecular complexity index is 144. The van der Waals surface area contributed by atoms with Gasteiger partial charge in [0.15, 0.2) is 0 Å². The molecule has 1 amide bonds. The van der Waals surface area contributed by atoms with Gasteiger partial charge in [-0.1, -0.05) is 19.8 Å². The van der Waals surface area contributed by atoms with Crippen LogP contribution in [-0.2, 0) is 4.79 Å². The molecular formula is C9H17NO. The molecule has 0 aromatic carbocycles. The van der Waals surface area contributed by atoms with Gasteiger partial charge in [0.05, 0.1) is 0 Å². The Hall–Kier alpha value is -0.530. The van der Waals surface area contributed by atoms with Crippen molar-refractivity contribution < 1.29 is 4.79 Å². The largest absolute Gasteiger partial charge is 0.353 e. The Kier molecular flexibility index (Phi) is 2.92. The highest BCUT2D eigenvalue weighted by Crippen LogP contribution is 2.23. The molecule has 0 heterocycles. The standard InChI is InChI=1S/C9H17NO/c1-7-5-3-4-6-9(7)10-8(2)11/h7,9H,3-6H2,1-2H3,(H,10,11)/t7?,9-/m0/s1. The summed E-state index contributed by atoms with van der Waals surface area (Å²) in [5, 5.41) is 2.99. The van der Waals surface area contributed by atoms with E-state index in [1.807, 2.05) is 0 Å². The number of nitrogens with one attached hydrogen (secondary N) is 1. The molecule has 11 heavy (non-hydrogen) atoms. The van der Waals surface area contributed by atoms with E-state index in [0.717, 1.165) is 0 Å². The second kappa shape index (κ2) is 3.74. The van der Waals surface area contributed by atoms with Crippen LogP contribution in [0.4, 0.5) is 0 Å². The minimum atomic E-state index is 0.115. The predicted octanol–water partition coefficient (Wildman–Crippen LogP) is 1.70. The fourth-order valence-corrected chi connectivity index (χ4v) is 1.79. The Morgan fingerprint density at radius 1 is 1.36 bits per heavy atom. The zero-order valence-electron chi connectivity index (χ0n) is 7.39. The summed E-state index contributed by atoms with van der Waals surface area (Å²) in [6.45, 7) is 3.82. The maximum Gasteiger partial charge on any atom is 0.217 e. The summed E-state index contributed by atoms with van der Waals surface area (Å²) in [5.74, 6) is 0.788. The molecule has 1 fully saturated rings. The summed E-state index contributed by atoms with van der Waals surface area (Å²) in [6, 6.07) is 0.446. The van der Waals surface area contributed by atoms with Crippen molar-refractivity contribution in [2.75, 3.05) is 0 Å². The zero-order valence-corrected chi connectivity index (χ0v) is 7.39. The van der Waals surface area contributed by atoms with Crippen molar-refractivity contribution >= 4 is 5.91 Å². The Morgan fingerprint density at radius 2 is 2.00 bits per heavy atom. The maximum absolute atomic E-state index is 10.7. The summed E-state index contributed by atoms with van der Waals surface area (Å²) in [5.41, 5.74) is 0. The van der Waals surface area contributed by atoms with E-state index < -0.39 is 0 Å². The number of amides is 1. The van der Waals surface area contributed by atoms with Crippen LogP contribution in [0, 0.1) is 5.92 Å². The fourth-order valence-electron chi connectivity index (χ4n) is 1.79. The third-order valence-electron chi connectivity index (χ3n) is 2.50. The molecule has 0 radical (unpaired) electrons. The Morgan fingerprint density at radius 3 is 2.55 bits per heavy atom. The van der Waals surface area contributed by atoms with Crippen LogP contribution in [0.15, 0.2) is 0 Å². The molecular weight excluding hydrogens is 138 g/mol. The Balaban J connectivity index is 2.35. The molecule has 0 aromatic heterocycles. The van der Waals surface area contributed by atoms with Gasteiger partial charge in [0.2, 0.25) is 5.91 Å². The molecule has 0 bridgehead atoms. The first-order chi connectivity index (χ1) is 5.20. The Labute approximate surface area is 68.4 Å². The van der Waals surface area contributed by atoms with Crippen LogP contribution < -0.4 is 5.32 Å². The van der Waals surface area contributed by atoms with Crippen molar-refractivity contribution in [3.63, 3.8) is 0 Å². The van der Waals surface area contributed by atoms with Gasteiger partial charge < -0.3 is 5.32 Å². The molecule has 1 aliphatic rings. The quantitative estimate of drug-likeness (QED) is 0.613. The first-order valence-electron chi connectivity index (χ1n) is 4.47. The van der Waals surface area contributed by atoms with Crippen LogP contribution in [0.3, 0.4) is 0 Å². The van der Waals surface area contributed by atoms with Gasteiger partial charge in [-0.15, -0.1) is 0 Å². The molecule has 1 aliphatic carbocycles. The van der Waals surface area contributed by atoms with Crippen molar-refractivity contribution in [2.45, 2.75) is 45.6 Å². The zero-order chi connectivity index (χ0) is 8.27. The SMILES string of the molecule is CC(=O)N[C@H]1CCCCC1C. The summed E-state index contributed by atoms with van der Waals surface area (Å²) in [4.78, 5) is 10.7. The first kappa shape index (κ1) is 8.57. The van der Waals surface area contributed by atoms with Crippen molar-refractivity contribution in [2.24, 2.45) is 5.92 Å². The summed E-state index contributed by atoms with van der Waals surface area (Å²) in [7, 11) is 0. The number of carbonyl (C=O) groups excluding carboxylic acids is 1. The lowest BCUT2D eigenvalue weighted by Gasteiger charge is -2.28. The molecule has 0 saturated heterocycles. The van der Waals surface area contributed by atoms with Gasteiger partial charge in [-0.2, -0.15) is 0 Å². The fraction of sp³-hybridized carbons (Fsp3) is 0.889. The lowest BCUT2D eigenvalue weighted by molar-refractivity contribution is -0.120. The summed E-state index contributed by atoms with van der Waals surface area (Å²) in [6.07, 6.45) is 5.04. The van der Waals surface area contributed by atoms with E-state index in [0.29, 0.717) is 12.0 Å². The molecule has 2 heteroatoms. The number of hydrogen-bond acceptors (Lipinski definition) is 1. The van der Waals surface area contributed by atoms with Crippen molar-refractivity contribution in [3.05, 3.63) is 0 Å². The van der Waals surface area contributed by atoms with Crippen LogP contribution in [0.1, 0.15) is 39.5 Å². The summed E-state index contributed by atoms with van der Waals surface area (Å²) < 4.78 is 0. The van der Waals surface area contributed by atoms with E-state index >= 15 is 0 Å². The van der Waals surface area contributed by atoms with Crippen LogP contribution in [0.2, 0.25) is 0 Å². The molecule has 0 spiro atoms.